The summed E-state index contributed by atoms with van der Waals surface area (Å²) in [5.41, 5.74) is -1.37. The highest BCUT2D eigenvalue weighted by Gasteiger charge is 2.96. The number of halogens is 21. The number of hydrogen-bond acceptors (Lipinski definition) is 4. The Morgan fingerprint density at radius 1 is 0.571 bits per heavy atom. The van der Waals surface area contributed by atoms with E-state index in [1.165, 1.54) is 0 Å². The molecule has 42 heavy (non-hydrogen) atoms. The van der Waals surface area contributed by atoms with Crippen molar-refractivity contribution in [3.05, 3.63) is 12.2 Å². The molecule has 0 radical (unpaired) electrons. The van der Waals surface area contributed by atoms with Gasteiger partial charge in [-0.25, -0.2) is 13.2 Å². The third kappa shape index (κ3) is 5.09. The van der Waals surface area contributed by atoms with Crippen LogP contribution < -0.4 is 0 Å². The van der Waals surface area contributed by atoms with Crippen LogP contribution in [0.15, 0.2) is 12.2 Å². The fourth-order valence-corrected chi connectivity index (χ4v) is 3.39. The van der Waals surface area contributed by atoms with E-state index in [1.54, 1.807) is 0 Å². The molecule has 250 valence electrons. The van der Waals surface area contributed by atoms with E-state index in [9.17, 15) is 105 Å². The highest BCUT2D eigenvalue weighted by molar-refractivity contribution is 7.90. The highest BCUT2D eigenvalue weighted by Crippen LogP contribution is 2.64. The second kappa shape index (κ2) is 10.1. The van der Waals surface area contributed by atoms with Gasteiger partial charge >= 0.3 is 65.1 Å². The van der Waals surface area contributed by atoms with Crippen molar-refractivity contribution >= 4 is 16.0 Å². The lowest BCUT2D eigenvalue weighted by atomic mass is 9.91. The van der Waals surface area contributed by atoms with Gasteiger partial charge in [-0.15, -0.1) is 4.31 Å². The molecule has 0 aliphatic heterocycles. The molecule has 0 bridgehead atoms. The van der Waals surface area contributed by atoms with Crippen LogP contribution in [0.3, 0.4) is 0 Å². The first-order valence-corrected chi connectivity index (χ1v) is 10.5. The maximum absolute atomic E-state index is 14.5. The molecule has 27 heteroatoms. The Balaban J connectivity index is 7.37. The molecular formula is C15H8F21NO4S. The lowest BCUT2D eigenvalue weighted by Gasteiger charge is -2.43. The summed E-state index contributed by atoms with van der Waals surface area (Å²) < 4.78 is 303. The average molecular weight is 697 g/mol. The molecule has 0 aliphatic rings. The van der Waals surface area contributed by atoms with Gasteiger partial charge in [-0.05, 0) is 6.92 Å². The molecule has 1 atom stereocenters. The van der Waals surface area contributed by atoms with Crippen molar-refractivity contribution < 1.29 is 110 Å². The lowest BCUT2D eigenvalue weighted by molar-refractivity contribution is -0.458. The molecule has 0 N–H and O–H groups in total. The molecule has 0 saturated carbocycles. The van der Waals surface area contributed by atoms with Crippen LogP contribution in [0.2, 0.25) is 0 Å². The van der Waals surface area contributed by atoms with Crippen LogP contribution in [-0.2, 0) is 19.6 Å². The molecule has 0 saturated heterocycles. The highest BCUT2D eigenvalue weighted by atomic mass is 32.2. The summed E-state index contributed by atoms with van der Waals surface area (Å²) in [5.74, 6) is -63.6. The summed E-state index contributed by atoms with van der Waals surface area (Å²) in [7, 11) is -10.1. The van der Waals surface area contributed by atoms with E-state index < -0.39 is 92.0 Å². The molecule has 0 spiro atoms. The number of carbonyl (C=O) groups excluding carboxylic acids is 1. The van der Waals surface area contributed by atoms with Crippen molar-refractivity contribution in [3.8, 4) is 0 Å². The van der Waals surface area contributed by atoms with Crippen LogP contribution in [0, 0.1) is 0 Å². The van der Waals surface area contributed by atoms with Crippen LogP contribution in [0.5, 0.6) is 0 Å². The normalized spacial score (nSPS) is 17.2. The summed E-state index contributed by atoms with van der Waals surface area (Å²) in [6.45, 7) is 2.81. The van der Waals surface area contributed by atoms with Gasteiger partial charge in [0.25, 0.3) is 10.0 Å². The first-order chi connectivity index (χ1) is 17.7. The van der Waals surface area contributed by atoms with Gasteiger partial charge in [0.15, 0.2) is 0 Å². The smallest absolute Gasteiger partial charge is 0.403 e. The molecule has 0 aliphatic carbocycles. The summed E-state index contributed by atoms with van der Waals surface area (Å²) >= 11 is 0. The quantitative estimate of drug-likeness (QED) is 0.0812. The molecule has 0 aromatic carbocycles. The second-order valence-electron chi connectivity index (χ2n) is 7.66. The Kier molecular flexibility index (Phi) is 9.54. The molecule has 0 aromatic rings. The predicted octanol–water partition coefficient (Wildman–Crippen LogP) is 6.52. The molecular weight excluding hydrogens is 689 g/mol. The minimum Gasteiger partial charge on any atom is -0.403 e. The fraction of sp³-hybridized carbons (Fsp3) is 0.800. The zero-order valence-corrected chi connectivity index (χ0v) is 19.9. The Morgan fingerprint density at radius 3 is 1.12 bits per heavy atom. The fourth-order valence-electron chi connectivity index (χ4n) is 2.15. The SMILES string of the molecule is C=C(C)C(=O)OC(F)(N(C)S(=O)(=O)C(F)(F)C(F)(F)C(F)(F)C(F)(F)C(F)(F)C(F)(F)C(F)(F)C(F)(F)F)C(F)(F)F. The Labute approximate surface area is 216 Å². The molecule has 0 heterocycles. The van der Waals surface area contributed by atoms with Crippen molar-refractivity contribution in [1.29, 1.82) is 0 Å². The predicted molar refractivity (Wildman–Crippen MR) is 88.2 cm³/mol. The number of ether oxygens (including phenoxy) is 1. The monoisotopic (exact) mass is 697 g/mol. The van der Waals surface area contributed by atoms with Crippen LogP contribution in [0.25, 0.3) is 0 Å². The Morgan fingerprint density at radius 2 is 0.857 bits per heavy atom. The van der Waals surface area contributed by atoms with E-state index in [0.717, 1.165) is 0 Å². The lowest BCUT2D eigenvalue weighted by Crippen LogP contribution is -2.75. The van der Waals surface area contributed by atoms with Crippen molar-refractivity contribution in [2.75, 3.05) is 7.05 Å². The second-order valence-corrected chi connectivity index (χ2v) is 9.67. The van der Waals surface area contributed by atoms with Crippen molar-refractivity contribution in [1.82, 2.24) is 4.31 Å². The van der Waals surface area contributed by atoms with Gasteiger partial charge in [0, 0.05) is 12.6 Å². The van der Waals surface area contributed by atoms with E-state index in [4.69, 9.17) is 0 Å². The van der Waals surface area contributed by atoms with Crippen molar-refractivity contribution in [2.24, 2.45) is 0 Å². The van der Waals surface area contributed by atoms with Crippen LogP contribution in [0.4, 0.5) is 92.2 Å². The molecule has 0 fully saturated rings. The maximum Gasteiger partial charge on any atom is 0.478 e. The zero-order valence-electron chi connectivity index (χ0n) is 19.1. The number of esters is 1. The van der Waals surface area contributed by atoms with Crippen LogP contribution in [0.1, 0.15) is 6.92 Å². The molecule has 1 unspecified atom stereocenters. The van der Waals surface area contributed by atoms with Gasteiger partial charge in [-0.2, -0.15) is 92.2 Å². The maximum atomic E-state index is 14.5. The third-order valence-electron chi connectivity index (χ3n) is 4.71. The van der Waals surface area contributed by atoms with E-state index >= 15 is 0 Å². The van der Waals surface area contributed by atoms with Crippen molar-refractivity contribution in [2.45, 2.75) is 66.0 Å². The number of nitrogens with zero attached hydrogens (tertiary/aromatic N) is 1. The topological polar surface area (TPSA) is 63.7 Å². The van der Waals surface area contributed by atoms with Crippen LogP contribution >= 0.6 is 0 Å². The van der Waals surface area contributed by atoms with Crippen LogP contribution in [-0.4, -0.2) is 84.9 Å². The molecule has 5 nitrogen and oxygen atoms in total. The summed E-state index contributed by atoms with van der Waals surface area (Å²) in [6, 6.07) is 0. The van der Waals surface area contributed by atoms with Gasteiger partial charge in [-0.3, -0.25) is 0 Å². The number of alkyl halides is 21. The molecule has 0 aromatic heterocycles. The molecule has 0 amide bonds. The largest absolute Gasteiger partial charge is 0.478 e. The van der Waals surface area contributed by atoms with Gasteiger partial charge in [0.2, 0.25) is 0 Å². The Bertz CT molecular complexity index is 1170. The number of hydrogen-bond donors (Lipinski definition) is 0. The zero-order chi connectivity index (χ0) is 34.9. The van der Waals surface area contributed by atoms with Gasteiger partial charge in [0.05, 0.1) is 0 Å². The van der Waals surface area contributed by atoms with Gasteiger partial charge in [-0.1, -0.05) is 6.58 Å². The van der Waals surface area contributed by atoms with E-state index in [-0.39, 0.29) is 0 Å². The first kappa shape index (κ1) is 39.6. The average Bonchev–Trinajstić information content (AvgIpc) is 2.75. The van der Waals surface area contributed by atoms with E-state index in [2.05, 4.69) is 11.3 Å². The standard InChI is InChI=1S/C15H8F21NO4S/c1-4(2)5(38)41-15(36,13(31,32)33)37(3)42(39,40)14(34,35)11(26,27)9(22,23)7(18,19)6(16,17)8(20,21)10(24,25)12(28,29)30/h1H2,2-3H3. The number of sulfonamides is 1. The number of carbonyl (C=O) groups is 1. The van der Waals surface area contributed by atoms with E-state index in [0.29, 0.717) is 6.92 Å². The summed E-state index contributed by atoms with van der Waals surface area (Å²) in [6.07, 6.45) is -15.3. The Hall–Kier alpha value is -2.35. The minimum atomic E-state index is -9.28. The molecule has 0 rings (SSSR count). The summed E-state index contributed by atoms with van der Waals surface area (Å²) in [4.78, 5) is 11.2. The van der Waals surface area contributed by atoms with Crippen molar-refractivity contribution in [3.63, 3.8) is 0 Å². The summed E-state index contributed by atoms with van der Waals surface area (Å²) in [5, 5.41) is -8.54. The first-order valence-electron chi connectivity index (χ1n) is 9.08. The van der Waals surface area contributed by atoms with Gasteiger partial charge < -0.3 is 4.74 Å². The van der Waals surface area contributed by atoms with E-state index in [1.807, 2.05) is 0 Å². The third-order valence-corrected chi connectivity index (χ3v) is 6.57. The van der Waals surface area contributed by atoms with Gasteiger partial charge in [0.1, 0.15) is 0 Å². The minimum absolute atomic E-state index is 0.331. The number of rotatable bonds is 11.